The van der Waals surface area contributed by atoms with Crippen LogP contribution < -0.4 is 5.56 Å². The Labute approximate surface area is 196 Å². The van der Waals surface area contributed by atoms with Crippen LogP contribution >= 0.6 is 34.4 Å². The second kappa shape index (κ2) is 8.68. The third-order valence-electron chi connectivity index (χ3n) is 5.29. The summed E-state index contributed by atoms with van der Waals surface area (Å²) in [5.41, 5.74) is 2.64. The van der Waals surface area contributed by atoms with E-state index in [9.17, 15) is 14.4 Å². The molecule has 166 valence electrons. The molecule has 32 heavy (non-hydrogen) atoms. The Balaban J connectivity index is 1.67. The van der Waals surface area contributed by atoms with Gasteiger partial charge in [-0.15, -0.1) is 22.7 Å². The molecule has 7 nitrogen and oxygen atoms in total. The third-order valence-corrected chi connectivity index (χ3v) is 8.20. The minimum atomic E-state index is -0.524. The lowest BCUT2D eigenvalue weighted by molar-refractivity contribution is 0.0599. The fourth-order valence-corrected chi connectivity index (χ4v) is 6.33. The number of aryl methyl sites for hydroxylation is 1. The highest BCUT2D eigenvalue weighted by molar-refractivity contribution is 8.00. The first-order chi connectivity index (χ1) is 15.2. The van der Waals surface area contributed by atoms with Crippen LogP contribution in [0.4, 0.5) is 0 Å². The molecule has 1 N–H and O–H groups in total. The molecule has 0 aromatic carbocycles. The molecule has 0 aliphatic rings. The number of carbonyl (C=O) groups is 2. The number of nitrogens with one attached hydrogen (secondary N) is 1. The molecular weight excluding hydrogens is 466 g/mol. The van der Waals surface area contributed by atoms with Gasteiger partial charge in [-0.1, -0.05) is 17.8 Å². The molecule has 0 saturated carbocycles. The normalized spacial score (nSPS) is 12.3. The van der Waals surface area contributed by atoms with Crippen molar-refractivity contribution in [2.75, 3.05) is 7.11 Å². The Morgan fingerprint density at radius 2 is 2.03 bits per heavy atom. The summed E-state index contributed by atoms with van der Waals surface area (Å²) in [7, 11) is 2.98. The van der Waals surface area contributed by atoms with Gasteiger partial charge in [0.25, 0.3) is 5.56 Å². The highest BCUT2D eigenvalue weighted by atomic mass is 32.2. The Bertz CT molecular complexity index is 1400. The van der Waals surface area contributed by atoms with E-state index in [2.05, 4.69) is 9.97 Å². The predicted octanol–water partition coefficient (Wildman–Crippen LogP) is 4.82. The molecule has 0 bridgehead atoms. The van der Waals surface area contributed by atoms with Gasteiger partial charge in [0.2, 0.25) is 0 Å². The first-order valence-corrected chi connectivity index (χ1v) is 12.4. The van der Waals surface area contributed by atoms with Crippen LogP contribution in [0, 0.1) is 13.8 Å². The average molecular weight is 488 g/mol. The average Bonchev–Trinajstić information content (AvgIpc) is 3.49. The SMILES string of the molecule is COC(=O)c1c(C)[nH]c(C(=O)C(C)Sc2nc3scc(-c4cccs4)c3c(=O)n2C)c1C. The number of nitrogens with zero attached hydrogens (tertiary/aromatic N) is 2. The van der Waals surface area contributed by atoms with Crippen LogP contribution in [-0.4, -0.2) is 38.6 Å². The Morgan fingerprint density at radius 3 is 2.69 bits per heavy atom. The number of Topliss-reactive ketones (excluding diaryl/α,β-unsaturated/α-hetero) is 1. The number of ketones is 1. The molecule has 1 unspecified atom stereocenters. The summed E-state index contributed by atoms with van der Waals surface area (Å²) in [6.07, 6.45) is 0. The van der Waals surface area contributed by atoms with Crippen molar-refractivity contribution < 1.29 is 14.3 Å². The summed E-state index contributed by atoms with van der Waals surface area (Å²) in [4.78, 5) is 47.7. The molecule has 0 saturated heterocycles. The van der Waals surface area contributed by atoms with Crippen LogP contribution in [0.5, 0.6) is 0 Å². The van der Waals surface area contributed by atoms with E-state index in [1.807, 2.05) is 22.9 Å². The van der Waals surface area contributed by atoms with E-state index < -0.39 is 11.2 Å². The molecule has 0 fully saturated rings. The van der Waals surface area contributed by atoms with E-state index in [1.54, 1.807) is 39.2 Å². The standard InChI is InChI=1S/C22H21N3O4S3/c1-10-15(21(28)29-5)11(2)23-17(10)18(26)12(3)32-22-24-19-16(20(27)25(22)4)13(9-31-19)14-7-6-8-30-14/h6-9,12,23H,1-5H3. The van der Waals surface area contributed by atoms with Gasteiger partial charge in [0.1, 0.15) is 4.83 Å². The second-order valence-corrected chi connectivity index (χ2v) is 10.4. The molecule has 10 heteroatoms. The van der Waals surface area contributed by atoms with Crippen LogP contribution in [0.3, 0.4) is 0 Å². The van der Waals surface area contributed by atoms with Gasteiger partial charge in [0, 0.05) is 28.6 Å². The van der Waals surface area contributed by atoms with Crippen molar-refractivity contribution in [1.82, 2.24) is 14.5 Å². The molecular formula is C22H21N3O4S3. The maximum absolute atomic E-state index is 13.2. The lowest BCUT2D eigenvalue weighted by Crippen LogP contribution is -2.22. The number of thioether (sulfide) groups is 1. The number of aromatic nitrogens is 3. The maximum Gasteiger partial charge on any atom is 0.339 e. The minimum Gasteiger partial charge on any atom is -0.465 e. The summed E-state index contributed by atoms with van der Waals surface area (Å²) in [6.45, 7) is 5.22. The van der Waals surface area contributed by atoms with Gasteiger partial charge in [0.15, 0.2) is 10.9 Å². The molecule has 0 amide bonds. The zero-order chi connectivity index (χ0) is 23.2. The van der Waals surface area contributed by atoms with Gasteiger partial charge in [-0.2, -0.15) is 0 Å². The van der Waals surface area contributed by atoms with Crippen molar-refractivity contribution in [1.29, 1.82) is 0 Å². The first-order valence-electron chi connectivity index (χ1n) is 9.75. The molecule has 0 aliphatic heterocycles. The zero-order valence-corrected chi connectivity index (χ0v) is 20.6. The van der Waals surface area contributed by atoms with Crippen molar-refractivity contribution in [3.8, 4) is 10.4 Å². The number of fused-ring (bicyclic) bond motifs is 1. The van der Waals surface area contributed by atoms with E-state index in [0.717, 1.165) is 10.4 Å². The topological polar surface area (TPSA) is 94.1 Å². The van der Waals surface area contributed by atoms with Crippen LogP contribution in [0.1, 0.15) is 39.0 Å². The monoisotopic (exact) mass is 487 g/mol. The van der Waals surface area contributed by atoms with Crippen molar-refractivity contribution in [2.45, 2.75) is 31.2 Å². The Morgan fingerprint density at radius 1 is 1.28 bits per heavy atom. The van der Waals surface area contributed by atoms with E-state index >= 15 is 0 Å². The number of rotatable bonds is 6. The second-order valence-electron chi connectivity index (χ2n) is 7.31. The third kappa shape index (κ3) is 3.72. The fraction of sp³-hybridized carbons (Fsp3) is 0.273. The maximum atomic E-state index is 13.2. The fourth-order valence-electron chi connectivity index (χ4n) is 3.59. The number of H-pyrrole nitrogens is 1. The Hall–Kier alpha value is -2.69. The van der Waals surface area contributed by atoms with E-state index in [1.165, 1.54) is 34.8 Å². The Kier molecular flexibility index (Phi) is 6.11. The molecule has 4 rings (SSSR count). The molecule has 0 aliphatic carbocycles. The number of carbonyl (C=O) groups excluding carboxylic acids is 2. The van der Waals surface area contributed by atoms with Crippen LogP contribution in [-0.2, 0) is 11.8 Å². The van der Waals surface area contributed by atoms with Gasteiger partial charge in [-0.05, 0) is 37.8 Å². The van der Waals surface area contributed by atoms with Crippen LogP contribution in [0.15, 0.2) is 32.8 Å². The molecule has 4 aromatic rings. The quantitative estimate of drug-likeness (QED) is 0.181. The van der Waals surface area contributed by atoms with Gasteiger partial charge in [-0.3, -0.25) is 14.2 Å². The predicted molar refractivity (Wildman–Crippen MR) is 129 cm³/mol. The van der Waals surface area contributed by atoms with E-state index in [-0.39, 0.29) is 11.3 Å². The van der Waals surface area contributed by atoms with Crippen molar-refractivity contribution in [3.63, 3.8) is 0 Å². The number of aromatic amines is 1. The largest absolute Gasteiger partial charge is 0.465 e. The molecule has 4 heterocycles. The van der Waals surface area contributed by atoms with Crippen molar-refractivity contribution >= 4 is 56.4 Å². The highest BCUT2D eigenvalue weighted by Gasteiger charge is 2.27. The number of thiophene rings is 2. The molecule has 1 atom stereocenters. The number of hydrogen-bond acceptors (Lipinski definition) is 8. The molecule has 0 radical (unpaired) electrons. The summed E-state index contributed by atoms with van der Waals surface area (Å²) >= 11 is 4.22. The summed E-state index contributed by atoms with van der Waals surface area (Å²) < 4.78 is 6.32. The number of hydrogen-bond donors (Lipinski definition) is 1. The summed E-state index contributed by atoms with van der Waals surface area (Å²) in [5.74, 6) is -0.657. The number of esters is 1. The van der Waals surface area contributed by atoms with Crippen LogP contribution in [0.2, 0.25) is 0 Å². The minimum absolute atomic E-state index is 0.137. The van der Waals surface area contributed by atoms with Gasteiger partial charge >= 0.3 is 5.97 Å². The van der Waals surface area contributed by atoms with Crippen LogP contribution in [0.25, 0.3) is 20.7 Å². The molecule has 4 aromatic heterocycles. The summed E-state index contributed by atoms with van der Waals surface area (Å²) in [5, 5.41) is 4.47. The van der Waals surface area contributed by atoms with E-state index in [4.69, 9.17) is 4.74 Å². The van der Waals surface area contributed by atoms with Gasteiger partial charge < -0.3 is 9.72 Å². The van der Waals surface area contributed by atoms with Gasteiger partial charge in [-0.25, -0.2) is 9.78 Å². The van der Waals surface area contributed by atoms with Crippen molar-refractivity contribution in [3.05, 3.63) is 55.8 Å². The van der Waals surface area contributed by atoms with Gasteiger partial charge in [0.05, 0.1) is 29.0 Å². The lowest BCUT2D eigenvalue weighted by atomic mass is 10.1. The molecule has 0 spiro atoms. The van der Waals surface area contributed by atoms with Crippen molar-refractivity contribution in [2.24, 2.45) is 7.05 Å². The first kappa shape index (κ1) is 22.5. The lowest BCUT2D eigenvalue weighted by Gasteiger charge is -2.12. The zero-order valence-electron chi connectivity index (χ0n) is 18.1. The van der Waals surface area contributed by atoms with E-state index in [0.29, 0.717) is 37.9 Å². The number of ether oxygens (including phenoxy) is 1. The highest BCUT2D eigenvalue weighted by Crippen LogP contribution is 2.35. The number of methoxy groups -OCH3 is 1. The summed E-state index contributed by atoms with van der Waals surface area (Å²) in [6, 6.07) is 3.94. The smallest absolute Gasteiger partial charge is 0.339 e.